The van der Waals surface area contributed by atoms with Crippen LogP contribution in [0.15, 0.2) is 36.4 Å². The van der Waals surface area contributed by atoms with Gasteiger partial charge in [-0.3, -0.25) is 9.59 Å². The van der Waals surface area contributed by atoms with Crippen molar-refractivity contribution >= 4 is 17.6 Å². The van der Waals surface area contributed by atoms with Crippen molar-refractivity contribution in [2.45, 2.75) is 12.6 Å². The number of carbonyl (C=O) groups is 2. The van der Waals surface area contributed by atoms with Gasteiger partial charge in [-0.25, -0.2) is 0 Å². The number of rotatable bonds is 3. The van der Waals surface area contributed by atoms with E-state index < -0.39 is 35.5 Å². The topological polar surface area (TPSA) is 66.4 Å². The first-order valence-corrected chi connectivity index (χ1v) is 8.16. The molecule has 4 aliphatic rings. The second-order valence-corrected chi connectivity index (χ2v) is 7.06. The number of fused-ring (bicyclic) bond motifs is 1. The molecule has 132 valence electrons. The summed E-state index contributed by atoms with van der Waals surface area (Å²) >= 11 is 0. The van der Waals surface area contributed by atoms with Gasteiger partial charge in [0, 0.05) is 5.69 Å². The highest BCUT2D eigenvalue weighted by atomic mass is 19.4. The highest BCUT2D eigenvalue weighted by Crippen LogP contribution is 2.63. The fraction of sp³-hybridized carbons (Fsp3) is 0.444. The maximum Gasteiger partial charge on any atom is 0.416 e. The van der Waals surface area contributed by atoms with Gasteiger partial charge in [-0.15, -0.1) is 0 Å². The molecule has 0 aromatic heterocycles. The number of alkyl halides is 3. The molecule has 1 aromatic carbocycles. The van der Waals surface area contributed by atoms with Gasteiger partial charge in [-0.05, 0) is 48.3 Å². The Kier molecular flexibility index (Phi) is 3.46. The molecule has 0 unspecified atom stereocenters. The van der Waals surface area contributed by atoms with E-state index >= 15 is 0 Å². The number of carbonyl (C=O) groups excluding carboxylic acids is 1. The maximum absolute atomic E-state index is 12.8. The van der Waals surface area contributed by atoms with Gasteiger partial charge in [0.05, 0.1) is 17.4 Å². The minimum Gasteiger partial charge on any atom is -0.481 e. The molecule has 5 rings (SSSR count). The number of amides is 1. The molecule has 1 aromatic rings. The molecule has 4 nitrogen and oxygen atoms in total. The summed E-state index contributed by atoms with van der Waals surface area (Å²) in [6.45, 7) is 0. The highest BCUT2D eigenvalue weighted by molar-refractivity contribution is 5.96. The zero-order valence-corrected chi connectivity index (χ0v) is 13.0. The van der Waals surface area contributed by atoms with E-state index in [9.17, 15) is 27.9 Å². The fourth-order valence-corrected chi connectivity index (χ4v) is 4.57. The van der Waals surface area contributed by atoms with Crippen LogP contribution in [0.3, 0.4) is 0 Å². The number of hydrogen-bond acceptors (Lipinski definition) is 2. The molecule has 0 spiro atoms. The minimum absolute atomic E-state index is 0.0294. The van der Waals surface area contributed by atoms with Crippen LogP contribution in [-0.2, 0) is 15.8 Å². The van der Waals surface area contributed by atoms with E-state index in [-0.39, 0.29) is 17.5 Å². The van der Waals surface area contributed by atoms with Crippen molar-refractivity contribution in [2.24, 2.45) is 35.5 Å². The molecule has 6 atom stereocenters. The Morgan fingerprint density at radius 3 is 2.32 bits per heavy atom. The van der Waals surface area contributed by atoms with Crippen LogP contribution in [-0.4, -0.2) is 17.0 Å². The van der Waals surface area contributed by atoms with Gasteiger partial charge in [-0.1, -0.05) is 18.2 Å². The number of nitrogens with one attached hydrogen (secondary N) is 1. The van der Waals surface area contributed by atoms with Crippen molar-refractivity contribution in [3.8, 4) is 0 Å². The summed E-state index contributed by atoms with van der Waals surface area (Å²) in [5.41, 5.74) is -0.825. The van der Waals surface area contributed by atoms with Gasteiger partial charge in [0.25, 0.3) is 0 Å². The molecule has 4 aliphatic carbocycles. The summed E-state index contributed by atoms with van der Waals surface area (Å²) in [6, 6.07) is 4.39. The average Bonchev–Trinajstić information content (AvgIpc) is 3.35. The van der Waals surface area contributed by atoms with E-state index in [4.69, 9.17) is 0 Å². The smallest absolute Gasteiger partial charge is 0.416 e. The third kappa shape index (κ3) is 2.62. The number of aliphatic carboxylic acids is 1. The van der Waals surface area contributed by atoms with Gasteiger partial charge in [0.15, 0.2) is 0 Å². The first kappa shape index (κ1) is 16.2. The molecule has 2 N–H and O–H groups in total. The molecule has 0 heterocycles. The summed E-state index contributed by atoms with van der Waals surface area (Å²) in [7, 11) is 0. The molecule has 2 bridgehead atoms. The Balaban J connectivity index is 1.59. The molecule has 0 aliphatic heterocycles. The van der Waals surface area contributed by atoms with Crippen molar-refractivity contribution in [1.82, 2.24) is 0 Å². The summed E-state index contributed by atoms with van der Waals surface area (Å²) < 4.78 is 38.4. The van der Waals surface area contributed by atoms with E-state index in [1.165, 1.54) is 12.1 Å². The molecule has 1 amide bonds. The standard InChI is InChI=1S/C18H16F3NO3/c19-18(20,21)8-2-1-3-9(6-8)22-16(23)14-10-4-5-11(13-7-12(10)13)15(14)17(24)25/h1-6,10-15H,7H2,(H,22,23)(H,24,25)/t10-,11-,12-,13-,14-,15+/m0/s1. The average molecular weight is 351 g/mol. The van der Waals surface area contributed by atoms with Gasteiger partial charge in [-0.2, -0.15) is 13.2 Å². The van der Waals surface area contributed by atoms with Crippen LogP contribution in [0.4, 0.5) is 18.9 Å². The van der Waals surface area contributed by atoms with Crippen LogP contribution < -0.4 is 5.32 Å². The zero-order valence-electron chi connectivity index (χ0n) is 13.0. The number of hydrogen-bond donors (Lipinski definition) is 2. The molecule has 0 saturated heterocycles. The van der Waals surface area contributed by atoms with Gasteiger partial charge >= 0.3 is 12.1 Å². The largest absolute Gasteiger partial charge is 0.481 e. The summed E-state index contributed by atoms with van der Waals surface area (Å²) in [6.07, 6.45) is 0.220. The van der Waals surface area contributed by atoms with Gasteiger partial charge in [0.2, 0.25) is 5.91 Å². The Bertz CT molecular complexity index is 773. The number of halogens is 3. The first-order chi connectivity index (χ1) is 11.8. The summed E-state index contributed by atoms with van der Waals surface area (Å²) in [5, 5.41) is 12.1. The lowest BCUT2D eigenvalue weighted by Crippen LogP contribution is -2.48. The minimum atomic E-state index is -4.50. The van der Waals surface area contributed by atoms with Crippen LogP contribution in [0.5, 0.6) is 0 Å². The number of anilines is 1. The van der Waals surface area contributed by atoms with E-state index in [2.05, 4.69) is 5.32 Å². The lowest BCUT2D eigenvalue weighted by atomic mass is 9.62. The quantitative estimate of drug-likeness (QED) is 0.820. The first-order valence-electron chi connectivity index (χ1n) is 8.16. The van der Waals surface area contributed by atoms with Crippen molar-refractivity contribution in [3.63, 3.8) is 0 Å². The van der Waals surface area contributed by atoms with E-state index in [0.717, 1.165) is 18.6 Å². The van der Waals surface area contributed by atoms with Crippen LogP contribution >= 0.6 is 0 Å². The molecule has 2 fully saturated rings. The summed E-state index contributed by atoms with van der Waals surface area (Å²) in [5.74, 6) is -2.76. The zero-order chi connectivity index (χ0) is 17.9. The second kappa shape index (κ2) is 5.34. The Labute approximate surface area is 141 Å². The van der Waals surface area contributed by atoms with E-state index in [0.29, 0.717) is 11.8 Å². The lowest BCUT2D eigenvalue weighted by Gasteiger charge is -2.41. The summed E-state index contributed by atoms with van der Waals surface area (Å²) in [4.78, 5) is 24.4. The SMILES string of the molecule is O=C(O)[C@@H]1[C@H]2C=C[C@@H]([C@@H]3C[C@@H]23)[C@@H]1C(=O)Nc1cccc(C(F)(F)F)c1. The van der Waals surface area contributed by atoms with Crippen molar-refractivity contribution < 1.29 is 27.9 Å². The van der Waals surface area contributed by atoms with Crippen molar-refractivity contribution in [1.29, 1.82) is 0 Å². The van der Waals surface area contributed by atoms with Gasteiger partial charge in [0.1, 0.15) is 0 Å². The maximum atomic E-state index is 12.8. The Morgan fingerprint density at radius 2 is 1.72 bits per heavy atom. The van der Waals surface area contributed by atoms with Crippen LogP contribution in [0, 0.1) is 35.5 Å². The normalized spacial score (nSPS) is 35.2. The second-order valence-electron chi connectivity index (χ2n) is 7.06. The monoisotopic (exact) mass is 351 g/mol. The molecule has 25 heavy (non-hydrogen) atoms. The number of allylic oxidation sites excluding steroid dienone is 2. The van der Waals surface area contributed by atoms with Crippen LogP contribution in [0.25, 0.3) is 0 Å². The number of benzene rings is 1. The van der Waals surface area contributed by atoms with Crippen molar-refractivity contribution in [2.75, 3.05) is 5.32 Å². The third-order valence-electron chi connectivity index (χ3n) is 5.70. The molecule has 2 saturated carbocycles. The van der Waals surface area contributed by atoms with E-state index in [1.807, 2.05) is 12.2 Å². The molecule has 0 radical (unpaired) electrons. The lowest BCUT2D eigenvalue weighted by molar-refractivity contribution is -0.152. The van der Waals surface area contributed by atoms with Gasteiger partial charge < -0.3 is 10.4 Å². The molecular formula is C18H16F3NO3. The predicted octanol–water partition coefficient (Wildman–Crippen LogP) is 3.41. The highest BCUT2D eigenvalue weighted by Gasteiger charge is 2.62. The van der Waals surface area contributed by atoms with Crippen LogP contribution in [0.1, 0.15) is 12.0 Å². The van der Waals surface area contributed by atoms with Crippen molar-refractivity contribution in [3.05, 3.63) is 42.0 Å². The predicted molar refractivity (Wildman–Crippen MR) is 82.4 cm³/mol. The number of carboxylic acids is 1. The molecular weight excluding hydrogens is 335 g/mol. The Morgan fingerprint density at radius 1 is 1.08 bits per heavy atom. The van der Waals surface area contributed by atoms with Crippen LogP contribution in [0.2, 0.25) is 0 Å². The van der Waals surface area contributed by atoms with E-state index in [1.54, 1.807) is 0 Å². The fourth-order valence-electron chi connectivity index (χ4n) is 4.57. The number of carboxylic acid groups (broad SMARTS) is 1. The Hall–Kier alpha value is -2.31. The molecule has 7 heteroatoms. The third-order valence-corrected chi connectivity index (χ3v) is 5.70.